The Morgan fingerprint density at radius 1 is 1.48 bits per heavy atom. The molecular formula is C15H24BrN3O2. The van der Waals surface area contributed by atoms with Gasteiger partial charge in [0.25, 0.3) is 5.56 Å². The van der Waals surface area contributed by atoms with Crippen molar-refractivity contribution in [1.29, 1.82) is 0 Å². The minimum Gasteiger partial charge on any atom is -0.380 e. The summed E-state index contributed by atoms with van der Waals surface area (Å²) in [4.78, 5) is 12.4. The summed E-state index contributed by atoms with van der Waals surface area (Å²) in [7, 11) is 0. The van der Waals surface area contributed by atoms with E-state index in [9.17, 15) is 4.79 Å². The first-order chi connectivity index (χ1) is 10.2. The summed E-state index contributed by atoms with van der Waals surface area (Å²) < 4.78 is 7.79. The second-order valence-corrected chi connectivity index (χ2v) is 6.40. The molecule has 1 saturated carbocycles. The molecule has 21 heavy (non-hydrogen) atoms. The fourth-order valence-corrected chi connectivity index (χ4v) is 2.68. The van der Waals surface area contributed by atoms with Crippen molar-refractivity contribution in [3.63, 3.8) is 0 Å². The maximum atomic E-state index is 12.4. The van der Waals surface area contributed by atoms with Crippen molar-refractivity contribution >= 4 is 21.6 Å². The Kier molecular flexibility index (Phi) is 6.70. The highest BCUT2D eigenvalue weighted by atomic mass is 79.9. The first-order valence-corrected chi connectivity index (χ1v) is 8.59. The van der Waals surface area contributed by atoms with Crippen LogP contribution >= 0.6 is 15.9 Å². The second-order valence-electron chi connectivity index (χ2n) is 5.54. The highest BCUT2D eigenvalue weighted by molar-refractivity contribution is 9.10. The number of hydrogen-bond donors (Lipinski definition) is 1. The summed E-state index contributed by atoms with van der Waals surface area (Å²) in [5, 5.41) is 7.38. The van der Waals surface area contributed by atoms with Crippen molar-refractivity contribution in [3.8, 4) is 0 Å². The number of rotatable bonds is 9. The van der Waals surface area contributed by atoms with Crippen LogP contribution in [-0.4, -0.2) is 29.5 Å². The van der Waals surface area contributed by atoms with Gasteiger partial charge in [0, 0.05) is 19.7 Å². The van der Waals surface area contributed by atoms with E-state index in [2.05, 4.69) is 33.3 Å². The average molecular weight is 358 g/mol. The van der Waals surface area contributed by atoms with Crippen LogP contribution in [0.15, 0.2) is 15.5 Å². The Morgan fingerprint density at radius 2 is 2.29 bits per heavy atom. The number of nitrogens with zero attached hydrogens (tertiary/aromatic N) is 2. The van der Waals surface area contributed by atoms with Crippen LogP contribution in [0.1, 0.15) is 39.0 Å². The van der Waals surface area contributed by atoms with Crippen LogP contribution in [0.3, 0.4) is 0 Å². The molecule has 0 amide bonds. The molecule has 2 rings (SSSR count). The predicted octanol–water partition coefficient (Wildman–Crippen LogP) is 3.03. The van der Waals surface area contributed by atoms with Crippen molar-refractivity contribution in [2.24, 2.45) is 5.92 Å². The van der Waals surface area contributed by atoms with Crippen LogP contribution in [-0.2, 0) is 11.3 Å². The number of unbranched alkanes of at least 4 members (excludes halogenated alkanes) is 1. The van der Waals surface area contributed by atoms with Crippen LogP contribution in [0.25, 0.3) is 0 Å². The highest BCUT2D eigenvalue weighted by Gasteiger charge is 2.20. The summed E-state index contributed by atoms with van der Waals surface area (Å²) >= 11 is 3.39. The van der Waals surface area contributed by atoms with Gasteiger partial charge in [-0.1, -0.05) is 19.8 Å². The summed E-state index contributed by atoms with van der Waals surface area (Å²) in [6.07, 6.45) is 7.59. The average Bonchev–Trinajstić information content (AvgIpc) is 2.43. The lowest BCUT2D eigenvalue weighted by atomic mass is 9.85. The number of aromatic nitrogens is 2. The Hall–Kier alpha value is -0.880. The fourth-order valence-electron chi connectivity index (χ4n) is 2.28. The van der Waals surface area contributed by atoms with Crippen molar-refractivity contribution in [3.05, 3.63) is 21.0 Å². The Bertz CT molecular complexity index is 500. The molecule has 0 bridgehead atoms. The van der Waals surface area contributed by atoms with Gasteiger partial charge in [-0.25, -0.2) is 4.68 Å². The smallest absolute Gasteiger partial charge is 0.291 e. The molecular weight excluding hydrogens is 334 g/mol. The van der Waals surface area contributed by atoms with Gasteiger partial charge in [-0.2, -0.15) is 5.10 Å². The van der Waals surface area contributed by atoms with E-state index >= 15 is 0 Å². The number of hydrogen-bond acceptors (Lipinski definition) is 4. The molecule has 0 aromatic carbocycles. The van der Waals surface area contributed by atoms with Crippen molar-refractivity contribution in [2.75, 3.05) is 25.1 Å². The minimum atomic E-state index is -0.0511. The number of anilines is 1. The molecule has 0 saturated heterocycles. The van der Waals surface area contributed by atoms with Gasteiger partial charge in [-0.05, 0) is 41.1 Å². The maximum absolute atomic E-state index is 12.4. The van der Waals surface area contributed by atoms with E-state index in [1.165, 1.54) is 19.3 Å². The summed E-state index contributed by atoms with van der Waals surface area (Å²) in [6.45, 7) is 4.89. The molecule has 1 aromatic rings. The molecule has 1 heterocycles. The van der Waals surface area contributed by atoms with E-state index in [1.54, 1.807) is 10.9 Å². The lowest BCUT2D eigenvalue weighted by Gasteiger charge is -2.25. The Labute approximate surface area is 134 Å². The first-order valence-electron chi connectivity index (χ1n) is 7.79. The lowest BCUT2D eigenvalue weighted by molar-refractivity contribution is 0.141. The summed E-state index contributed by atoms with van der Waals surface area (Å²) in [6, 6.07) is 0. The third kappa shape index (κ3) is 4.81. The summed E-state index contributed by atoms with van der Waals surface area (Å²) in [5.74, 6) is 0.613. The van der Waals surface area contributed by atoms with Gasteiger partial charge in [0.15, 0.2) is 0 Å². The predicted molar refractivity (Wildman–Crippen MR) is 87.8 cm³/mol. The zero-order valence-corrected chi connectivity index (χ0v) is 14.2. The van der Waals surface area contributed by atoms with Gasteiger partial charge in [0.1, 0.15) is 5.69 Å². The van der Waals surface area contributed by atoms with E-state index in [4.69, 9.17) is 4.74 Å². The number of nitrogens with one attached hydrogen (secondary N) is 1. The summed E-state index contributed by atoms with van der Waals surface area (Å²) in [5.41, 5.74) is 0.535. The van der Waals surface area contributed by atoms with Crippen molar-refractivity contribution in [2.45, 2.75) is 45.6 Å². The van der Waals surface area contributed by atoms with E-state index in [0.717, 1.165) is 26.0 Å². The SMILES string of the molecule is CCCCOCCNc1c(Br)cnn(CC2CCC2)c1=O. The largest absolute Gasteiger partial charge is 0.380 e. The molecule has 6 heteroatoms. The van der Waals surface area contributed by atoms with Crippen LogP contribution in [0, 0.1) is 5.92 Å². The molecule has 1 fully saturated rings. The molecule has 0 aliphatic heterocycles. The van der Waals surface area contributed by atoms with Crippen molar-refractivity contribution in [1.82, 2.24) is 9.78 Å². The number of ether oxygens (including phenoxy) is 1. The molecule has 0 unspecified atom stereocenters. The van der Waals surface area contributed by atoms with Gasteiger partial charge in [-0.15, -0.1) is 0 Å². The van der Waals surface area contributed by atoms with Crippen molar-refractivity contribution < 1.29 is 4.74 Å². The minimum absolute atomic E-state index is 0.0511. The fraction of sp³-hybridized carbons (Fsp3) is 0.733. The van der Waals surface area contributed by atoms with E-state index in [-0.39, 0.29) is 5.56 Å². The maximum Gasteiger partial charge on any atom is 0.291 e. The van der Waals surface area contributed by atoms with E-state index in [0.29, 0.717) is 29.2 Å². The molecule has 0 radical (unpaired) electrons. The van der Waals surface area contributed by atoms with Crippen LogP contribution < -0.4 is 10.9 Å². The third-order valence-corrected chi connectivity index (χ3v) is 4.45. The van der Waals surface area contributed by atoms with Crippen LogP contribution in [0.2, 0.25) is 0 Å². The first kappa shape index (κ1) is 16.5. The van der Waals surface area contributed by atoms with Crippen LogP contribution in [0.5, 0.6) is 0 Å². The van der Waals surface area contributed by atoms with E-state index in [1.807, 2.05) is 0 Å². The van der Waals surface area contributed by atoms with E-state index < -0.39 is 0 Å². The molecule has 1 aliphatic rings. The molecule has 1 aliphatic carbocycles. The van der Waals surface area contributed by atoms with Gasteiger partial charge in [-0.3, -0.25) is 4.79 Å². The topological polar surface area (TPSA) is 56.1 Å². The highest BCUT2D eigenvalue weighted by Crippen LogP contribution is 2.27. The van der Waals surface area contributed by atoms with Crippen LogP contribution in [0.4, 0.5) is 5.69 Å². The molecule has 0 atom stereocenters. The van der Waals surface area contributed by atoms with Gasteiger partial charge < -0.3 is 10.1 Å². The third-order valence-electron chi connectivity index (χ3n) is 3.84. The Balaban J connectivity index is 1.88. The van der Waals surface area contributed by atoms with Gasteiger partial charge >= 0.3 is 0 Å². The zero-order valence-electron chi connectivity index (χ0n) is 12.6. The zero-order chi connectivity index (χ0) is 15.1. The van der Waals surface area contributed by atoms with Gasteiger partial charge in [0.05, 0.1) is 17.3 Å². The quantitative estimate of drug-likeness (QED) is 0.690. The second kappa shape index (κ2) is 8.54. The molecule has 0 spiro atoms. The standard InChI is InChI=1S/C15H24BrN3O2/c1-2-3-8-21-9-7-17-14-13(16)10-18-19(15(14)20)11-12-5-4-6-12/h10,12,17H,2-9,11H2,1H3. The molecule has 1 N–H and O–H groups in total. The van der Waals surface area contributed by atoms with Gasteiger partial charge in [0.2, 0.25) is 0 Å². The Morgan fingerprint density at radius 3 is 2.95 bits per heavy atom. The normalized spacial score (nSPS) is 15.0. The molecule has 5 nitrogen and oxygen atoms in total. The lowest BCUT2D eigenvalue weighted by Crippen LogP contribution is -2.31. The monoisotopic (exact) mass is 357 g/mol. The molecule has 1 aromatic heterocycles. The number of halogens is 1. The molecule has 118 valence electrons.